The number of halogens is 1. The lowest BCUT2D eigenvalue weighted by Gasteiger charge is -2.05. The van der Waals surface area contributed by atoms with Crippen LogP contribution < -0.4 is 5.73 Å². The number of benzene rings is 1. The van der Waals surface area contributed by atoms with E-state index < -0.39 is 0 Å². The predicted molar refractivity (Wildman–Crippen MR) is 71.8 cm³/mol. The van der Waals surface area contributed by atoms with Crippen molar-refractivity contribution in [3.8, 4) is 0 Å². The molecule has 0 amide bonds. The van der Waals surface area contributed by atoms with E-state index in [1.54, 1.807) is 12.3 Å². The minimum Gasteiger partial charge on any atom is -0.396 e. The van der Waals surface area contributed by atoms with Crippen molar-refractivity contribution < 1.29 is 4.39 Å². The van der Waals surface area contributed by atoms with Crippen LogP contribution in [-0.2, 0) is 12.2 Å². The Morgan fingerprint density at radius 3 is 2.94 bits per heavy atom. The molecule has 1 heterocycles. The molecule has 0 aliphatic rings. The number of nitrogens with two attached hydrogens (primary N) is 1. The topological polar surface area (TPSA) is 51.8 Å². The van der Waals surface area contributed by atoms with Gasteiger partial charge in [0.2, 0.25) is 0 Å². The maximum absolute atomic E-state index is 13.0. The Labute approximate surface area is 110 Å². The number of anilines is 1. The lowest BCUT2D eigenvalue weighted by atomic mass is 10.3. The zero-order chi connectivity index (χ0) is 13.0. The van der Waals surface area contributed by atoms with E-state index in [1.165, 1.54) is 23.9 Å². The number of rotatable bonds is 4. The van der Waals surface area contributed by atoms with Gasteiger partial charge in [0.25, 0.3) is 0 Å². The molecule has 0 radical (unpaired) electrons. The maximum atomic E-state index is 13.0. The van der Waals surface area contributed by atoms with Crippen LogP contribution in [0.5, 0.6) is 0 Å². The van der Waals surface area contributed by atoms with Crippen molar-refractivity contribution in [1.82, 2.24) is 9.97 Å². The third kappa shape index (κ3) is 3.20. The molecule has 0 unspecified atom stereocenters. The van der Waals surface area contributed by atoms with E-state index >= 15 is 0 Å². The van der Waals surface area contributed by atoms with Gasteiger partial charge >= 0.3 is 0 Å². The van der Waals surface area contributed by atoms with Crippen LogP contribution in [0, 0.1) is 5.82 Å². The fourth-order valence-corrected chi connectivity index (χ4v) is 2.33. The molecule has 2 aromatic rings. The number of nitrogen functional groups attached to an aromatic ring is 1. The molecule has 1 aromatic heterocycles. The zero-order valence-electron chi connectivity index (χ0n) is 10.1. The molecule has 0 fully saturated rings. The van der Waals surface area contributed by atoms with Gasteiger partial charge in [-0.3, -0.25) is 0 Å². The summed E-state index contributed by atoms with van der Waals surface area (Å²) in [5.41, 5.74) is 7.23. The highest BCUT2D eigenvalue weighted by molar-refractivity contribution is 7.98. The van der Waals surface area contributed by atoms with Gasteiger partial charge in [0.15, 0.2) is 0 Å². The van der Waals surface area contributed by atoms with E-state index in [0.717, 1.165) is 22.8 Å². The van der Waals surface area contributed by atoms with Crippen molar-refractivity contribution in [1.29, 1.82) is 0 Å². The largest absolute Gasteiger partial charge is 0.396 e. The molecule has 18 heavy (non-hydrogen) atoms. The number of aromatic nitrogens is 2. The van der Waals surface area contributed by atoms with Crippen LogP contribution >= 0.6 is 11.8 Å². The first-order valence-corrected chi connectivity index (χ1v) is 6.66. The minimum atomic E-state index is -0.229. The summed E-state index contributed by atoms with van der Waals surface area (Å²) in [6.07, 6.45) is 2.42. The van der Waals surface area contributed by atoms with Gasteiger partial charge in [-0.15, -0.1) is 11.8 Å². The van der Waals surface area contributed by atoms with Crippen molar-refractivity contribution in [3.63, 3.8) is 0 Å². The maximum Gasteiger partial charge on any atom is 0.138 e. The van der Waals surface area contributed by atoms with E-state index in [1.807, 2.05) is 13.0 Å². The molecule has 0 bridgehead atoms. The van der Waals surface area contributed by atoms with Crippen molar-refractivity contribution in [2.75, 3.05) is 5.73 Å². The lowest BCUT2D eigenvalue weighted by Crippen LogP contribution is -2.02. The first-order chi connectivity index (χ1) is 8.69. The van der Waals surface area contributed by atoms with Crippen molar-refractivity contribution in [3.05, 3.63) is 47.8 Å². The molecular formula is C13H14FN3S. The van der Waals surface area contributed by atoms with Crippen molar-refractivity contribution in [2.24, 2.45) is 0 Å². The molecule has 2 N–H and O–H groups in total. The third-order valence-corrected chi connectivity index (χ3v) is 3.44. The summed E-state index contributed by atoms with van der Waals surface area (Å²) < 4.78 is 13.0. The van der Waals surface area contributed by atoms with Crippen LogP contribution in [0.1, 0.15) is 18.4 Å². The lowest BCUT2D eigenvalue weighted by molar-refractivity contribution is 0.624. The highest BCUT2D eigenvalue weighted by Gasteiger charge is 2.04. The average Bonchev–Trinajstić information content (AvgIpc) is 2.38. The summed E-state index contributed by atoms with van der Waals surface area (Å²) in [5.74, 6) is 1.10. The van der Waals surface area contributed by atoms with Crippen LogP contribution in [0.2, 0.25) is 0 Å². The first kappa shape index (κ1) is 12.8. The second-order valence-electron chi connectivity index (χ2n) is 3.79. The van der Waals surface area contributed by atoms with Crippen LogP contribution in [0.15, 0.2) is 35.4 Å². The van der Waals surface area contributed by atoms with Gasteiger partial charge < -0.3 is 5.73 Å². The van der Waals surface area contributed by atoms with Crippen LogP contribution in [0.25, 0.3) is 0 Å². The van der Waals surface area contributed by atoms with Gasteiger partial charge in [-0.05, 0) is 24.6 Å². The Bertz CT molecular complexity index is 546. The molecule has 0 aliphatic carbocycles. The molecule has 0 atom stereocenters. The van der Waals surface area contributed by atoms with Crippen molar-refractivity contribution >= 4 is 17.4 Å². The van der Waals surface area contributed by atoms with E-state index in [9.17, 15) is 4.39 Å². The summed E-state index contributed by atoms with van der Waals surface area (Å²) in [4.78, 5) is 9.42. The normalized spacial score (nSPS) is 10.6. The Hall–Kier alpha value is -1.62. The predicted octanol–water partition coefficient (Wildman–Crippen LogP) is 3.05. The molecule has 0 aliphatic heterocycles. The highest BCUT2D eigenvalue weighted by Crippen LogP contribution is 2.22. The highest BCUT2D eigenvalue weighted by atomic mass is 32.2. The molecule has 0 saturated carbocycles. The Balaban J connectivity index is 2.06. The van der Waals surface area contributed by atoms with E-state index in [2.05, 4.69) is 9.97 Å². The van der Waals surface area contributed by atoms with Crippen molar-refractivity contribution in [2.45, 2.75) is 24.0 Å². The van der Waals surface area contributed by atoms with E-state index in [-0.39, 0.29) is 5.82 Å². The van der Waals surface area contributed by atoms with E-state index in [0.29, 0.717) is 11.4 Å². The SMILES string of the molecule is CCc1nc(CSc2cccc(F)c2)ncc1N. The second-order valence-corrected chi connectivity index (χ2v) is 4.84. The second kappa shape index (κ2) is 5.82. The summed E-state index contributed by atoms with van der Waals surface area (Å²) in [7, 11) is 0. The Morgan fingerprint density at radius 1 is 1.39 bits per heavy atom. The number of hydrogen-bond acceptors (Lipinski definition) is 4. The Kier molecular flexibility index (Phi) is 4.15. The fourth-order valence-electron chi connectivity index (χ4n) is 1.53. The fraction of sp³-hybridized carbons (Fsp3) is 0.231. The summed E-state index contributed by atoms with van der Waals surface area (Å²) in [6, 6.07) is 6.49. The number of thioether (sulfide) groups is 1. The summed E-state index contributed by atoms with van der Waals surface area (Å²) >= 11 is 1.51. The molecule has 1 aromatic carbocycles. The van der Waals surface area contributed by atoms with Gasteiger partial charge in [-0.2, -0.15) is 0 Å². The quantitative estimate of drug-likeness (QED) is 0.861. The van der Waals surface area contributed by atoms with Gasteiger partial charge in [-0.1, -0.05) is 13.0 Å². The molecule has 3 nitrogen and oxygen atoms in total. The monoisotopic (exact) mass is 263 g/mol. The molecule has 0 saturated heterocycles. The van der Waals surface area contributed by atoms with Crippen LogP contribution in [-0.4, -0.2) is 9.97 Å². The average molecular weight is 263 g/mol. The van der Waals surface area contributed by atoms with Gasteiger partial charge in [0.1, 0.15) is 11.6 Å². The standard InChI is InChI=1S/C13H14FN3S/c1-2-12-11(15)7-16-13(17-12)8-18-10-5-3-4-9(14)6-10/h3-7H,2,8,15H2,1H3. The van der Waals surface area contributed by atoms with Gasteiger partial charge in [-0.25, -0.2) is 14.4 Å². The minimum absolute atomic E-state index is 0.229. The molecule has 0 spiro atoms. The van der Waals surface area contributed by atoms with Crippen LogP contribution in [0.3, 0.4) is 0 Å². The number of nitrogens with zero attached hydrogens (tertiary/aromatic N) is 2. The van der Waals surface area contributed by atoms with E-state index in [4.69, 9.17) is 5.73 Å². The summed E-state index contributed by atoms with van der Waals surface area (Å²) in [6.45, 7) is 2.00. The first-order valence-electron chi connectivity index (χ1n) is 5.67. The molecule has 94 valence electrons. The smallest absolute Gasteiger partial charge is 0.138 e. The van der Waals surface area contributed by atoms with Crippen LogP contribution in [0.4, 0.5) is 10.1 Å². The summed E-state index contributed by atoms with van der Waals surface area (Å²) in [5, 5.41) is 0. The van der Waals surface area contributed by atoms with Gasteiger partial charge in [0, 0.05) is 4.90 Å². The molecule has 5 heteroatoms. The molecule has 2 rings (SSSR count). The zero-order valence-corrected chi connectivity index (χ0v) is 10.9. The van der Waals surface area contributed by atoms with Gasteiger partial charge in [0.05, 0.1) is 23.3 Å². The Morgan fingerprint density at radius 2 is 2.22 bits per heavy atom. The molecular weight excluding hydrogens is 249 g/mol. The number of aryl methyl sites for hydroxylation is 1. The number of hydrogen-bond donors (Lipinski definition) is 1. The third-order valence-electron chi connectivity index (χ3n) is 2.45.